The Hall–Kier alpha value is -1.84. The van der Waals surface area contributed by atoms with Crippen LogP contribution in [-0.4, -0.2) is 23.0 Å². The summed E-state index contributed by atoms with van der Waals surface area (Å²) < 4.78 is 13.8. The van der Waals surface area contributed by atoms with Gasteiger partial charge in [0.25, 0.3) is 0 Å². The monoisotopic (exact) mass is 219 g/mol. The third-order valence-corrected chi connectivity index (χ3v) is 2.24. The zero-order valence-corrected chi connectivity index (χ0v) is 8.94. The smallest absolute Gasteiger partial charge is 0.107 e. The number of hydrogen-bond acceptors (Lipinski definition) is 2. The molecule has 3 nitrogen and oxygen atoms in total. The summed E-state index contributed by atoms with van der Waals surface area (Å²) in [6.45, 7) is 0.693. The molecule has 0 amide bonds. The van der Waals surface area contributed by atoms with Crippen molar-refractivity contribution in [3.63, 3.8) is 0 Å². The maximum atomic E-state index is 11.9. The fraction of sp³-hybridized carbons (Fsp3) is 0.250. The fourth-order valence-corrected chi connectivity index (χ4v) is 1.50. The van der Waals surface area contributed by atoms with Crippen molar-refractivity contribution in [2.45, 2.75) is 6.54 Å². The average molecular weight is 219 g/mol. The lowest BCUT2D eigenvalue weighted by atomic mass is 10.2. The van der Waals surface area contributed by atoms with Crippen LogP contribution in [0, 0.1) is 0 Å². The fourth-order valence-electron chi connectivity index (χ4n) is 1.50. The largest absolute Gasteiger partial charge is 0.380 e. The lowest BCUT2D eigenvalue weighted by Gasteiger charge is -2.01. The first kappa shape index (κ1) is 10.7. The first-order chi connectivity index (χ1) is 7.88. The molecule has 0 atom stereocenters. The first-order valence-electron chi connectivity index (χ1n) is 5.25. The second-order valence-corrected chi connectivity index (χ2v) is 3.53. The van der Waals surface area contributed by atoms with Gasteiger partial charge in [-0.05, 0) is 5.56 Å². The number of nitrogens with zero attached hydrogens (tertiary/aromatic N) is 2. The highest BCUT2D eigenvalue weighted by Gasteiger charge is 1.98. The predicted molar refractivity (Wildman–Crippen MR) is 62.2 cm³/mol. The topological polar surface area (TPSA) is 29.9 Å². The van der Waals surface area contributed by atoms with Gasteiger partial charge in [0.05, 0.1) is 18.4 Å². The van der Waals surface area contributed by atoms with Crippen molar-refractivity contribution in [1.82, 2.24) is 9.78 Å². The number of nitrogens with one attached hydrogen (secondary N) is 1. The van der Waals surface area contributed by atoms with Crippen molar-refractivity contribution < 1.29 is 4.39 Å². The molecule has 16 heavy (non-hydrogen) atoms. The summed E-state index contributed by atoms with van der Waals surface area (Å²) in [5, 5.41) is 7.14. The normalized spacial score (nSPS) is 10.3. The Labute approximate surface area is 93.9 Å². The summed E-state index contributed by atoms with van der Waals surface area (Å²) in [4.78, 5) is 0. The van der Waals surface area contributed by atoms with E-state index >= 15 is 0 Å². The minimum absolute atomic E-state index is 0.330. The van der Waals surface area contributed by atoms with Crippen molar-refractivity contribution in [3.05, 3.63) is 48.3 Å². The van der Waals surface area contributed by atoms with Crippen molar-refractivity contribution in [2.24, 2.45) is 0 Å². The number of alkyl halides is 1. The van der Waals surface area contributed by atoms with Gasteiger partial charge in [0.2, 0.25) is 0 Å². The molecule has 1 N–H and O–H groups in total. The molecule has 0 bridgehead atoms. The van der Waals surface area contributed by atoms with Gasteiger partial charge in [-0.25, -0.2) is 4.39 Å². The summed E-state index contributed by atoms with van der Waals surface area (Å²) in [6, 6.07) is 10.1. The van der Waals surface area contributed by atoms with E-state index in [1.807, 2.05) is 29.1 Å². The van der Waals surface area contributed by atoms with Gasteiger partial charge in [0.15, 0.2) is 0 Å². The van der Waals surface area contributed by atoms with Crippen molar-refractivity contribution >= 4 is 5.69 Å². The molecular formula is C12H14FN3. The van der Waals surface area contributed by atoms with E-state index < -0.39 is 0 Å². The van der Waals surface area contributed by atoms with E-state index in [0.29, 0.717) is 6.54 Å². The highest BCUT2D eigenvalue weighted by molar-refractivity contribution is 5.38. The molecule has 0 saturated carbocycles. The quantitative estimate of drug-likeness (QED) is 0.836. The van der Waals surface area contributed by atoms with Crippen LogP contribution in [0.1, 0.15) is 5.56 Å². The first-order valence-corrected chi connectivity index (χ1v) is 5.25. The third kappa shape index (κ3) is 2.82. The number of benzene rings is 1. The molecule has 0 unspecified atom stereocenters. The maximum absolute atomic E-state index is 11.9. The standard InChI is InChI=1S/C12H14FN3/c13-6-7-14-12-8-15-16(10-12)9-11-4-2-1-3-5-11/h1-5,8,10,14H,6-7,9H2. The van der Waals surface area contributed by atoms with Crippen molar-refractivity contribution in [2.75, 3.05) is 18.5 Å². The van der Waals surface area contributed by atoms with Crippen molar-refractivity contribution in [1.29, 1.82) is 0 Å². The molecule has 1 aromatic heterocycles. The molecule has 1 aromatic carbocycles. The van der Waals surface area contributed by atoms with Crippen LogP contribution in [0.4, 0.5) is 10.1 Å². The molecule has 0 radical (unpaired) electrons. The number of aromatic nitrogens is 2. The molecule has 0 fully saturated rings. The van der Waals surface area contributed by atoms with Gasteiger partial charge >= 0.3 is 0 Å². The van der Waals surface area contributed by atoms with Crippen LogP contribution in [-0.2, 0) is 6.54 Å². The van der Waals surface area contributed by atoms with E-state index in [1.165, 1.54) is 5.56 Å². The summed E-state index contributed by atoms with van der Waals surface area (Å²) in [7, 11) is 0. The molecule has 2 rings (SSSR count). The zero-order chi connectivity index (χ0) is 11.2. The number of hydrogen-bond donors (Lipinski definition) is 1. The average Bonchev–Trinajstić information content (AvgIpc) is 2.75. The Kier molecular flexibility index (Phi) is 3.53. The Morgan fingerprint density at radius 1 is 1.25 bits per heavy atom. The van der Waals surface area contributed by atoms with Gasteiger partial charge in [0.1, 0.15) is 6.67 Å². The molecule has 84 valence electrons. The molecule has 0 aliphatic rings. The van der Waals surface area contributed by atoms with Gasteiger partial charge in [0, 0.05) is 12.7 Å². The second kappa shape index (κ2) is 5.30. The Morgan fingerprint density at radius 2 is 2.06 bits per heavy atom. The van der Waals surface area contributed by atoms with Crippen molar-refractivity contribution in [3.8, 4) is 0 Å². The lowest BCUT2D eigenvalue weighted by molar-refractivity contribution is 0.513. The van der Waals surface area contributed by atoms with Gasteiger partial charge < -0.3 is 5.32 Å². The highest BCUT2D eigenvalue weighted by atomic mass is 19.1. The van der Waals surface area contributed by atoms with E-state index in [4.69, 9.17) is 0 Å². The third-order valence-electron chi connectivity index (χ3n) is 2.24. The van der Waals surface area contributed by atoms with Crippen LogP contribution in [0.5, 0.6) is 0 Å². The Morgan fingerprint density at radius 3 is 2.81 bits per heavy atom. The van der Waals surface area contributed by atoms with Crippen LogP contribution in [0.2, 0.25) is 0 Å². The number of halogens is 1. The van der Waals surface area contributed by atoms with Crippen LogP contribution in [0.15, 0.2) is 42.7 Å². The van der Waals surface area contributed by atoms with Crippen LogP contribution in [0.25, 0.3) is 0 Å². The van der Waals surface area contributed by atoms with Gasteiger partial charge in [-0.2, -0.15) is 5.10 Å². The van der Waals surface area contributed by atoms with Crippen LogP contribution < -0.4 is 5.32 Å². The molecule has 4 heteroatoms. The lowest BCUT2D eigenvalue weighted by Crippen LogP contribution is -2.02. The summed E-state index contributed by atoms with van der Waals surface area (Å²) >= 11 is 0. The zero-order valence-electron chi connectivity index (χ0n) is 8.94. The second-order valence-electron chi connectivity index (χ2n) is 3.53. The number of anilines is 1. The van der Waals surface area contributed by atoms with Gasteiger partial charge in [-0.1, -0.05) is 30.3 Å². The van der Waals surface area contributed by atoms with Gasteiger partial charge in [-0.3, -0.25) is 4.68 Å². The Bertz CT molecular complexity index is 425. The summed E-state index contributed by atoms with van der Waals surface area (Å²) in [5.41, 5.74) is 2.05. The highest BCUT2D eigenvalue weighted by Crippen LogP contribution is 2.07. The van der Waals surface area contributed by atoms with E-state index in [9.17, 15) is 4.39 Å². The van der Waals surface area contributed by atoms with E-state index in [2.05, 4.69) is 22.5 Å². The molecule has 0 saturated heterocycles. The Balaban J connectivity index is 1.97. The minimum Gasteiger partial charge on any atom is -0.380 e. The minimum atomic E-state index is -0.371. The SMILES string of the molecule is FCCNc1cnn(Cc2ccccc2)c1. The van der Waals surface area contributed by atoms with Crippen LogP contribution in [0.3, 0.4) is 0 Å². The molecule has 2 aromatic rings. The predicted octanol–water partition coefficient (Wildman–Crippen LogP) is 2.31. The summed E-state index contributed by atoms with van der Waals surface area (Å²) in [6.07, 6.45) is 3.58. The molecule has 0 aliphatic carbocycles. The molecule has 0 aliphatic heterocycles. The van der Waals surface area contributed by atoms with Crippen LogP contribution >= 0.6 is 0 Å². The summed E-state index contributed by atoms with van der Waals surface area (Å²) in [5.74, 6) is 0. The van der Waals surface area contributed by atoms with E-state index in [-0.39, 0.29) is 6.67 Å². The number of rotatable bonds is 5. The van der Waals surface area contributed by atoms with Gasteiger partial charge in [-0.15, -0.1) is 0 Å². The maximum Gasteiger partial charge on any atom is 0.107 e. The molecule has 0 spiro atoms. The van der Waals surface area contributed by atoms with E-state index in [1.54, 1.807) is 6.20 Å². The molecular weight excluding hydrogens is 205 g/mol. The van der Waals surface area contributed by atoms with E-state index in [0.717, 1.165) is 12.2 Å². The molecule has 1 heterocycles.